The van der Waals surface area contributed by atoms with Gasteiger partial charge in [0.2, 0.25) is 5.91 Å². The number of benzene rings is 1. The van der Waals surface area contributed by atoms with Crippen LogP contribution in [0.4, 0.5) is 0 Å². The third-order valence-corrected chi connectivity index (χ3v) is 2.36. The van der Waals surface area contributed by atoms with E-state index in [9.17, 15) is 14.4 Å². The Hall–Kier alpha value is -2.57. The van der Waals surface area contributed by atoms with Gasteiger partial charge in [-0.1, -0.05) is 18.2 Å². The van der Waals surface area contributed by atoms with E-state index >= 15 is 0 Å². The normalized spacial score (nSPS) is 9.95. The predicted octanol–water partition coefficient (Wildman–Crippen LogP) is 0.249. The molecule has 1 rings (SSSR count). The molecule has 7 heteroatoms. The van der Waals surface area contributed by atoms with Crippen LogP contribution >= 0.6 is 0 Å². The summed E-state index contributed by atoms with van der Waals surface area (Å²) in [4.78, 5) is 34.1. The molecule has 0 aliphatic rings. The molecule has 0 fully saturated rings. The lowest BCUT2D eigenvalue weighted by atomic mass is 10.3. The van der Waals surface area contributed by atoms with Crippen LogP contribution in [0.1, 0.15) is 13.8 Å². The minimum atomic E-state index is -0.661. The maximum atomic E-state index is 11.4. The maximum absolute atomic E-state index is 11.4. The highest BCUT2D eigenvalue weighted by atomic mass is 16.6. The molecule has 2 N–H and O–H groups in total. The van der Waals surface area contributed by atoms with Crippen LogP contribution in [0.2, 0.25) is 0 Å². The number of para-hydroxylation sites is 1. The predicted molar refractivity (Wildman–Crippen MR) is 79.2 cm³/mol. The monoisotopic (exact) mass is 308 g/mol. The lowest BCUT2D eigenvalue weighted by Crippen LogP contribution is -2.41. The first-order chi connectivity index (χ1) is 10.5. The second kappa shape index (κ2) is 9.38. The SMILES string of the molecule is CC(C)NC(=O)CNC(=O)COC(=O)COc1ccccc1. The Morgan fingerprint density at radius 3 is 2.36 bits per heavy atom. The van der Waals surface area contributed by atoms with Crippen LogP contribution in [-0.2, 0) is 19.1 Å². The summed E-state index contributed by atoms with van der Waals surface area (Å²) in [7, 11) is 0. The van der Waals surface area contributed by atoms with Gasteiger partial charge >= 0.3 is 5.97 Å². The van der Waals surface area contributed by atoms with Crippen molar-refractivity contribution in [2.75, 3.05) is 19.8 Å². The minimum Gasteiger partial charge on any atom is -0.482 e. The van der Waals surface area contributed by atoms with E-state index in [1.54, 1.807) is 24.3 Å². The molecule has 2 amide bonds. The molecule has 0 heterocycles. The number of esters is 1. The Balaban J connectivity index is 2.15. The van der Waals surface area contributed by atoms with Gasteiger partial charge in [-0.25, -0.2) is 4.79 Å². The average Bonchev–Trinajstić information content (AvgIpc) is 2.49. The van der Waals surface area contributed by atoms with E-state index < -0.39 is 18.5 Å². The summed E-state index contributed by atoms with van der Waals surface area (Å²) < 4.78 is 9.90. The van der Waals surface area contributed by atoms with Crippen molar-refractivity contribution in [3.63, 3.8) is 0 Å². The van der Waals surface area contributed by atoms with Crippen molar-refractivity contribution in [3.8, 4) is 5.75 Å². The molecule has 22 heavy (non-hydrogen) atoms. The number of carbonyl (C=O) groups excluding carboxylic acids is 3. The van der Waals surface area contributed by atoms with Crippen LogP contribution in [0.3, 0.4) is 0 Å². The summed E-state index contributed by atoms with van der Waals surface area (Å²) in [5.74, 6) is -0.978. The zero-order valence-electron chi connectivity index (χ0n) is 12.6. The summed E-state index contributed by atoms with van der Waals surface area (Å²) >= 11 is 0. The van der Waals surface area contributed by atoms with Gasteiger partial charge in [0, 0.05) is 6.04 Å². The van der Waals surface area contributed by atoms with Gasteiger partial charge < -0.3 is 20.1 Å². The molecule has 0 saturated carbocycles. The van der Waals surface area contributed by atoms with E-state index in [2.05, 4.69) is 10.6 Å². The smallest absolute Gasteiger partial charge is 0.344 e. The third kappa shape index (κ3) is 7.88. The van der Waals surface area contributed by atoms with E-state index in [1.165, 1.54) is 0 Å². The van der Waals surface area contributed by atoms with Crippen LogP contribution in [-0.4, -0.2) is 43.6 Å². The van der Waals surface area contributed by atoms with Gasteiger partial charge in [-0.15, -0.1) is 0 Å². The van der Waals surface area contributed by atoms with E-state index in [0.29, 0.717) is 5.75 Å². The lowest BCUT2D eigenvalue weighted by molar-refractivity contribution is -0.150. The first-order valence-electron chi connectivity index (χ1n) is 6.87. The van der Waals surface area contributed by atoms with Crippen molar-refractivity contribution in [1.29, 1.82) is 0 Å². The van der Waals surface area contributed by atoms with E-state index in [1.807, 2.05) is 19.9 Å². The van der Waals surface area contributed by atoms with Crippen LogP contribution in [0, 0.1) is 0 Å². The fraction of sp³-hybridized carbons (Fsp3) is 0.400. The molecule has 0 unspecified atom stereocenters. The van der Waals surface area contributed by atoms with Crippen molar-refractivity contribution >= 4 is 17.8 Å². The largest absolute Gasteiger partial charge is 0.482 e. The zero-order valence-corrected chi connectivity index (χ0v) is 12.6. The zero-order chi connectivity index (χ0) is 16.4. The van der Waals surface area contributed by atoms with E-state index in [0.717, 1.165) is 0 Å². The summed E-state index contributed by atoms with van der Waals surface area (Å²) in [5.41, 5.74) is 0. The second-order valence-electron chi connectivity index (χ2n) is 4.76. The first-order valence-corrected chi connectivity index (χ1v) is 6.87. The summed E-state index contributed by atoms with van der Waals surface area (Å²) in [6, 6.07) is 8.77. The molecular formula is C15H20N2O5. The third-order valence-electron chi connectivity index (χ3n) is 2.36. The van der Waals surface area contributed by atoms with Gasteiger partial charge in [-0.2, -0.15) is 0 Å². The number of hydrogen-bond acceptors (Lipinski definition) is 5. The number of ether oxygens (including phenoxy) is 2. The fourth-order valence-corrected chi connectivity index (χ4v) is 1.45. The van der Waals surface area contributed by atoms with Crippen LogP contribution in [0.25, 0.3) is 0 Å². The molecule has 0 atom stereocenters. The highest BCUT2D eigenvalue weighted by Crippen LogP contribution is 2.07. The van der Waals surface area contributed by atoms with Gasteiger partial charge in [-0.3, -0.25) is 9.59 Å². The first kappa shape index (κ1) is 17.5. The van der Waals surface area contributed by atoms with Gasteiger partial charge in [0.05, 0.1) is 6.54 Å². The number of amides is 2. The highest BCUT2D eigenvalue weighted by molar-refractivity contribution is 5.86. The Kier molecular flexibility index (Phi) is 7.45. The fourth-order valence-electron chi connectivity index (χ4n) is 1.45. The summed E-state index contributed by atoms with van der Waals surface area (Å²) in [6.07, 6.45) is 0. The topological polar surface area (TPSA) is 93.7 Å². The molecule has 0 bridgehead atoms. The van der Waals surface area contributed by atoms with Crippen LogP contribution in [0.5, 0.6) is 5.75 Å². The van der Waals surface area contributed by atoms with Crippen molar-refractivity contribution in [2.45, 2.75) is 19.9 Å². The number of rotatable bonds is 8. The molecule has 0 saturated heterocycles. The summed E-state index contributed by atoms with van der Waals surface area (Å²) in [6.45, 7) is 2.73. The molecule has 120 valence electrons. The number of hydrogen-bond donors (Lipinski definition) is 2. The molecular weight excluding hydrogens is 288 g/mol. The van der Waals surface area contributed by atoms with Crippen LogP contribution in [0.15, 0.2) is 30.3 Å². The van der Waals surface area contributed by atoms with Crippen molar-refractivity contribution in [2.24, 2.45) is 0 Å². The van der Waals surface area contributed by atoms with Crippen molar-refractivity contribution in [1.82, 2.24) is 10.6 Å². The molecule has 0 aromatic heterocycles. The average molecular weight is 308 g/mol. The molecule has 7 nitrogen and oxygen atoms in total. The quantitative estimate of drug-likeness (QED) is 0.671. The van der Waals surface area contributed by atoms with E-state index in [-0.39, 0.29) is 25.1 Å². The molecule has 0 aliphatic heterocycles. The van der Waals surface area contributed by atoms with Crippen LogP contribution < -0.4 is 15.4 Å². The number of nitrogens with one attached hydrogen (secondary N) is 2. The Morgan fingerprint density at radius 1 is 1.05 bits per heavy atom. The van der Waals surface area contributed by atoms with Crippen molar-refractivity contribution < 1.29 is 23.9 Å². The second-order valence-corrected chi connectivity index (χ2v) is 4.76. The van der Waals surface area contributed by atoms with Gasteiger partial charge in [0.1, 0.15) is 5.75 Å². The Labute approximate surface area is 129 Å². The molecule has 1 aromatic carbocycles. The van der Waals surface area contributed by atoms with Gasteiger partial charge in [-0.05, 0) is 26.0 Å². The standard InChI is InChI=1S/C15H20N2O5/c1-11(2)17-13(18)8-16-14(19)9-22-15(20)10-21-12-6-4-3-5-7-12/h3-7,11H,8-10H2,1-2H3,(H,16,19)(H,17,18). The Bertz CT molecular complexity index is 502. The van der Waals surface area contributed by atoms with E-state index in [4.69, 9.17) is 9.47 Å². The van der Waals surface area contributed by atoms with Gasteiger partial charge in [0.25, 0.3) is 5.91 Å². The molecule has 0 radical (unpaired) electrons. The van der Waals surface area contributed by atoms with Crippen molar-refractivity contribution in [3.05, 3.63) is 30.3 Å². The molecule has 0 aliphatic carbocycles. The van der Waals surface area contributed by atoms with Gasteiger partial charge in [0.15, 0.2) is 13.2 Å². The maximum Gasteiger partial charge on any atom is 0.344 e. The lowest BCUT2D eigenvalue weighted by Gasteiger charge is -2.09. The summed E-state index contributed by atoms with van der Waals surface area (Å²) in [5, 5.41) is 4.97. The number of carbonyl (C=O) groups is 3. The minimum absolute atomic E-state index is 0.00244. The highest BCUT2D eigenvalue weighted by Gasteiger charge is 2.10. The Morgan fingerprint density at radius 2 is 1.73 bits per heavy atom. The molecule has 0 spiro atoms. The molecule has 1 aromatic rings.